The Morgan fingerprint density at radius 3 is 2.58 bits per heavy atom. The molecule has 0 radical (unpaired) electrons. The number of nitrogens with one attached hydrogen (secondary N) is 1. The van der Waals surface area contributed by atoms with E-state index in [-0.39, 0.29) is 11.7 Å². The van der Waals surface area contributed by atoms with Crippen LogP contribution in [0, 0.1) is 17.7 Å². The lowest BCUT2D eigenvalue weighted by molar-refractivity contribution is -0.140. The number of halogens is 1. The first-order chi connectivity index (χ1) is 9.08. The molecule has 4 nitrogen and oxygen atoms in total. The van der Waals surface area contributed by atoms with Gasteiger partial charge in [-0.3, -0.25) is 9.59 Å². The molecule has 0 aliphatic heterocycles. The minimum atomic E-state index is -0.915. The molecule has 0 spiro atoms. The van der Waals surface area contributed by atoms with Crippen molar-refractivity contribution in [3.05, 3.63) is 41.7 Å². The van der Waals surface area contributed by atoms with Crippen LogP contribution in [0.5, 0.6) is 0 Å². The molecule has 0 aromatic heterocycles. The molecule has 1 aromatic carbocycles. The van der Waals surface area contributed by atoms with Crippen LogP contribution in [0.25, 0.3) is 6.08 Å². The number of benzene rings is 1. The Kier molecular flexibility index (Phi) is 3.94. The predicted molar refractivity (Wildman–Crippen MR) is 67.7 cm³/mol. The normalized spacial score (nSPS) is 21.3. The minimum Gasteiger partial charge on any atom is -0.481 e. The molecular formula is C14H14FNO3. The van der Waals surface area contributed by atoms with Crippen molar-refractivity contribution in [3.63, 3.8) is 0 Å². The highest BCUT2D eigenvalue weighted by molar-refractivity contribution is 5.89. The van der Waals surface area contributed by atoms with Crippen LogP contribution in [-0.2, 0) is 9.59 Å². The molecule has 1 saturated carbocycles. The van der Waals surface area contributed by atoms with Crippen molar-refractivity contribution >= 4 is 18.0 Å². The van der Waals surface area contributed by atoms with Crippen molar-refractivity contribution in [3.8, 4) is 0 Å². The van der Waals surface area contributed by atoms with E-state index < -0.39 is 17.8 Å². The van der Waals surface area contributed by atoms with Crippen LogP contribution in [0.1, 0.15) is 12.0 Å². The van der Waals surface area contributed by atoms with Gasteiger partial charge in [-0.15, -0.1) is 0 Å². The standard InChI is InChI=1S/C14H14FNO3/c15-10-5-3-9(4-6-10)2-1-7-16-13(17)11-8-12(11)14(18)19/h1-6,11-12H,7-8H2,(H,16,17)(H,18,19)/b2-1+/t11-,12-/m1/s1. The second-order valence-electron chi connectivity index (χ2n) is 4.49. The van der Waals surface area contributed by atoms with Gasteiger partial charge < -0.3 is 10.4 Å². The molecule has 2 N–H and O–H groups in total. The van der Waals surface area contributed by atoms with Crippen LogP contribution >= 0.6 is 0 Å². The summed E-state index contributed by atoms with van der Waals surface area (Å²) in [4.78, 5) is 22.1. The van der Waals surface area contributed by atoms with E-state index in [0.717, 1.165) is 5.56 Å². The Hall–Kier alpha value is -2.17. The molecule has 1 amide bonds. The molecular weight excluding hydrogens is 249 g/mol. The molecule has 1 fully saturated rings. The van der Waals surface area contributed by atoms with Gasteiger partial charge >= 0.3 is 5.97 Å². The lowest BCUT2D eigenvalue weighted by atomic mass is 10.2. The van der Waals surface area contributed by atoms with Gasteiger partial charge in [-0.05, 0) is 24.1 Å². The molecule has 2 rings (SSSR count). The summed E-state index contributed by atoms with van der Waals surface area (Å²) in [5.74, 6) is -2.35. The van der Waals surface area contributed by atoms with Crippen molar-refractivity contribution < 1.29 is 19.1 Å². The average molecular weight is 263 g/mol. The lowest BCUT2D eigenvalue weighted by Crippen LogP contribution is -2.26. The van der Waals surface area contributed by atoms with Crippen molar-refractivity contribution in [2.45, 2.75) is 6.42 Å². The minimum absolute atomic E-state index is 0.226. The number of aliphatic carboxylic acids is 1. The van der Waals surface area contributed by atoms with Gasteiger partial charge in [0.05, 0.1) is 11.8 Å². The molecule has 1 aliphatic rings. The molecule has 0 unspecified atom stereocenters. The van der Waals surface area contributed by atoms with Crippen LogP contribution in [0.3, 0.4) is 0 Å². The Morgan fingerprint density at radius 1 is 1.32 bits per heavy atom. The summed E-state index contributed by atoms with van der Waals surface area (Å²) in [5, 5.41) is 11.3. The van der Waals surface area contributed by atoms with Crippen LogP contribution < -0.4 is 5.32 Å². The third-order valence-electron chi connectivity index (χ3n) is 3.02. The van der Waals surface area contributed by atoms with Gasteiger partial charge in [0.15, 0.2) is 0 Å². The second kappa shape index (κ2) is 5.65. The Morgan fingerprint density at radius 2 is 2.00 bits per heavy atom. The highest BCUT2D eigenvalue weighted by Crippen LogP contribution is 2.38. The third kappa shape index (κ3) is 3.64. The average Bonchev–Trinajstić information content (AvgIpc) is 3.17. The van der Waals surface area contributed by atoms with Crippen LogP contribution in [-0.4, -0.2) is 23.5 Å². The van der Waals surface area contributed by atoms with Gasteiger partial charge in [-0.25, -0.2) is 4.39 Å². The maximum absolute atomic E-state index is 12.6. The topological polar surface area (TPSA) is 66.4 Å². The maximum atomic E-state index is 12.6. The number of carboxylic acids is 1. The fourth-order valence-electron chi connectivity index (χ4n) is 1.82. The Labute approximate surface area is 109 Å². The number of carbonyl (C=O) groups excluding carboxylic acids is 1. The molecule has 1 aromatic rings. The summed E-state index contributed by atoms with van der Waals surface area (Å²) in [6.07, 6.45) is 3.92. The molecule has 2 atom stereocenters. The van der Waals surface area contributed by atoms with E-state index in [0.29, 0.717) is 13.0 Å². The molecule has 0 heterocycles. The van der Waals surface area contributed by atoms with Gasteiger partial charge in [0.25, 0.3) is 0 Å². The monoisotopic (exact) mass is 263 g/mol. The highest BCUT2D eigenvalue weighted by Gasteiger charge is 2.48. The van der Waals surface area contributed by atoms with Crippen LogP contribution in [0.2, 0.25) is 0 Å². The van der Waals surface area contributed by atoms with Crippen molar-refractivity contribution in [2.75, 3.05) is 6.54 Å². The van der Waals surface area contributed by atoms with E-state index in [1.807, 2.05) is 0 Å². The first-order valence-corrected chi connectivity index (χ1v) is 6.00. The highest BCUT2D eigenvalue weighted by atomic mass is 19.1. The number of hydrogen-bond acceptors (Lipinski definition) is 2. The number of carbonyl (C=O) groups is 2. The smallest absolute Gasteiger partial charge is 0.307 e. The fourth-order valence-corrected chi connectivity index (χ4v) is 1.82. The van der Waals surface area contributed by atoms with Gasteiger partial charge in [-0.1, -0.05) is 24.3 Å². The predicted octanol–water partition coefficient (Wildman–Crippen LogP) is 1.68. The third-order valence-corrected chi connectivity index (χ3v) is 3.02. The second-order valence-corrected chi connectivity index (χ2v) is 4.49. The van der Waals surface area contributed by atoms with Crippen molar-refractivity contribution in [2.24, 2.45) is 11.8 Å². The summed E-state index contributed by atoms with van der Waals surface area (Å²) >= 11 is 0. The summed E-state index contributed by atoms with van der Waals surface area (Å²) < 4.78 is 12.6. The molecule has 0 saturated heterocycles. The first-order valence-electron chi connectivity index (χ1n) is 6.00. The number of rotatable bonds is 5. The molecule has 1 aliphatic carbocycles. The number of hydrogen-bond donors (Lipinski definition) is 2. The van der Waals surface area contributed by atoms with Crippen LogP contribution in [0.15, 0.2) is 30.3 Å². The number of amides is 1. The maximum Gasteiger partial charge on any atom is 0.307 e. The Balaban J connectivity index is 1.73. The molecule has 19 heavy (non-hydrogen) atoms. The SMILES string of the molecule is O=C(O)[C@@H]1C[C@H]1C(=O)NC/C=C/c1ccc(F)cc1. The zero-order valence-corrected chi connectivity index (χ0v) is 10.2. The van der Waals surface area contributed by atoms with Crippen LogP contribution in [0.4, 0.5) is 4.39 Å². The van der Waals surface area contributed by atoms with E-state index >= 15 is 0 Å². The van der Waals surface area contributed by atoms with E-state index in [1.54, 1.807) is 24.3 Å². The summed E-state index contributed by atoms with van der Waals surface area (Å²) in [6.45, 7) is 0.332. The molecule has 5 heteroatoms. The Bertz CT molecular complexity index is 510. The van der Waals surface area contributed by atoms with Crippen molar-refractivity contribution in [1.82, 2.24) is 5.32 Å². The zero-order valence-electron chi connectivity index (χ0n) is 10.2. The van der Waals surface area contributed by atoms with E-state index in [2.05, 4.69) is 5.32 Å². The quantitative estimate of drug-likeness (QED) is 0.849. The van der Waals surface area contributed by atoms with E-state index in [1.165, 1.54) is 12.1 Å². The first kappa shape index (κ1) is 13.3. The van der Waals surface area contributed by atoms with Gasteiger partial charge in [0, 0.05) is 6.54 Å². The van der Waals surface area contributed by atoms with E-state index in [4.69, 9.17) is 5.11 Å². The van der Waals surface area contributed by atoms with Gasteiger partial charge in [0.2, 0.25) is 5.91 Å². The fraction of sp³-hybridized carbons (Fsp3) is 0.286. The zero-order chi connectivity index (χ0) is 13.8. The van der Waals surface area contributed by atoms with Gasteiger partial charge in [-0.2, -0.15) is 0 Å². The van der Waals surface area contributed by atoms with Crippen molar-refractivity contribution in [1.29, 1.82) is 0 Å². The molecule has 0 bridgehead atoms. The summed E-state index contributed by atoms with van der Waals surface area (Å²) in [6, 6.07) is 5.99. The largest absolute Gasteiger partial charge is 0.481 e. The summed E-state index contributed by atoms with van der Waals surface area (Å²) in [5.41, 5.74) is 0.838. The van der Waals surface area contributed by atoms with E-state index in [9.17, 15) is 14.0 Å². The summed E-state index contributed by atoms with van der Waals surface area (Å²) in [7, 11) is 0. The molecule has 100 valence electrons. The van der Waals surface area contributed by atoms with Gasteiger partial charge in [0.1, 0.15) is 5.82 Å². The number of carboxylic acid groups (broad SMARTS) is 1. The lowest BCUT2D eigenvalue weighted by Gasteiger charge is -2.00.